The first-order valence-corrected chi connectivity index (χ1v) is 10.1. The summed E-state index contributed by atoms with van der Waals surface area (Å²) in [5.41, 5.74) is 2.26. The molecule has 1 unspecified atom stereocenters. The lowest BCUT2D eigenvalue weighted by atomic mass is 9.78. The lowest BCUT2D eigenvalue weighted by Gasteiger charge is -2.42. The number of aliphatic hydroxyl groups excluding tert-OH is 1. The molecule has 1 saturated heterocycles. The molecule has 1 aromatic heterocycles. The fourth-order valence-corrected chi connectivity index (χ4v) is 4.31. The van der Waals surface area contributed by atoms with Crippen LogP contribution >= 0.6 is 0 Å². The van der Waals surface area contributed by atoms with Crippen molar-refractivity contribution in [1.29, 1.82) is 0 Å². The number of nitrogens with zero attached hydrogens (tertiary/aromatic N) is 2. The van der Waals surface area contributed by atoms with Crippen molar-refractivity contribution in [2.24, 2.45) is 5.41 Å². The molecule has 0 aliphatic carbocycles. The predicted octanol–water partition coefficient (Wildman–Crippen LogP) is 4.28. The van der Waals surface area contributed by atoms with E-state index in [0.29, 0.717) is 6.61 Å². The first-order valence-electron chi connectivity index (χ1n) is 10.1. The Morgan fingerprint density at radius 2 is 1.93 bits per heavy atom. The van der Waals surface area contributed by atoms with E-state index < -0.39 is 0 Å². The molecule has 28 heavy (non-hydrogen) atoms. The number of para-hydroxylation sites is 1. The number of piperidine rings is 1. The molecule has 4 nitrogen and oxygen atoms in total. The summed E-state index contributed by atoms with van der Waals surface area (Å²) in [6.45, 7) is 3.70. The van der Waals surface area contributed by atoms with Gasteiger partial charge in [-0.15, -0.1) is 0 Å². The highest BCUT2D eigenvalue weighted by molar-refractivity contribution is 5.81. The second-order valence-corrected chi connectivity index (χ2v) is 7.87. The predicted molar refractivity (Wildman–Crippen MR) is 112 cm³/mol. The van der Waals surface area contributed by atoms with E-state index in [1.807, 2.05) is 42.6 Å². The molecule has 3 aromatic rings. The van der Waals surface area contributed by atoms with Gasteiger partial charge in [0.05, 0.1) is 18.7 Å². The highest BCUT2D eigenvalue weighted by atomic mass is 16.5. The van der Waals surface area contributed by atoms with E-state index >= 15 is 0 Å². The third kappa shape index (κ3) is 4.34. The number of hydrogen-bond acceptors (Lipinski definition) is 4. The van der Waals surface area contributed by atoms with Crippen LogP contribution in [0.25, 0.3) is 10.9 Å². The number of likely N-dealkylation sites (tertiary alicyclic amines) is 1. The molecule has 0 radical (unpaired) electrons. The summed E-state index contributed by atoms with van der Waals surface area (Å²) in [4.78, 5) is 6.95. The summed E-state index contributed by atoms with van der Waals surface area (Å²) in [7, 11) is 0. The minimum atomic E-state index is -0.0874. The summed E-state index contributed by atoms with van der Waals surface area (Å²) >= 11 is 0. The van der Waals surface area contributed by atoms with E-state index in [0.717, 1.165) is 50.2 Å². The Bertz CT molecular complexity index is 894. The molecule has 4 rings (SSSR count). The second-order valence-electron chi connectivity index (χ2n) is 7.87. The highest BCUT2D eigenvalue weighted by Crippen LogP contribution is 2.34. The molecule has 1 aliphatic rings. The van der Waals surface area contributed by atoms with Crippen LogP contribution in [-0.2, 0) is 6.54 Å². The minimum Gasteiger partial charge on any atom is -0.494 e. The van der Waals surface area contributed by atoms with Crippen LogP contribution in [0.2, 0.25) is 0 Å². The zero-order valence-electron chi connectivity index (χ0n) is 16.3. The van der Waals surface area contributed by atoms with Crippen LogP contribution in [-0.4, -0.2) is 41.3 Å². The Labute approximate surface area is 166 Å². The van der Waals surface area contributed by atoms with Crippen molar-refractivity contribution in [3.63, 3.8) is 0 Å². The Morgan fingerprint density at radius 1 is 1.04 bits per heavy atom. The van der Waals surface area contributed by atoms with Crippen LogP contribution in [0.15, 0.2) is 66.9 Å². The number of rotatable bonds is 7. The minimum absolute atomic E-state index is 0.0874. The first-order chi connectivity index (χ1) is 13.8. The van der Waals surface area contributed by atoms with E-state index in [-0.39, 0.29) is 12.0 Å². The van der Waals surface area contributed by atoms with Crippen LogP contribution < -0.4 is 4.74 Å². The van der Waals surface area contributed by atoms with Crippen LogP contribution in [0.5, 0.6) is 5.75 Å². The number of pyridine rings is 1. The Kier molecular flexibility index (Phi) is 5.89. The summed E-state index contributed by atoms with van der Waals surface area (Å²) in [5.74, 6) is 0.895. The standard InChI is InChI=1S/C24H28N2O2/c27-19-24(13-16-28-21-8-2-1-3-9-21)12-6-15-26(18-24)17-20-7-4-11-23-22(20)10-5-14-25-23/h1-5,7-11,14,27H,6,12-13,15-19H2. The van der Waals surface area contributed by atoms with Crippen LogP contribution in [0.4, 0.5) is 0 Å². The van der Waals surface area contributed by atoms with Crippen molar-refractivity contribution in [3.05, 3.63) is 72.4 Å². The third-order valence-electron chi connectivity index (χ3n) is 5.85. The van der Waals surface area contributed by atoms with Gasteiger partial charge in [0.15, 0.2) is 0 Å². The van der Waals surface area contributed by atoms with Crippen LogP contribution in [0, 0.1) is 5.41 Å². The van der Waals surface area contributed by atoms with Crippen molar-refractivity contribution < 1.29 is 9.84 Å². The third-order valence-corrected chi connectivity index (χ3v) is 5.85. The number of aliphatic hydroxyl groups is 1. The summed E-state index contributed by atoms with van der Waals surface area (Å²) < 4.78 is 5.91. The van der Waals surface area contributed by atoms with Gasteiger partial charge in [-0.2, -0.15) is 0 Å². The van der Waals surface area contributed by atoms with Crippen LogP contribution in [0.1, 0.15) is 24.8 Å². The maximum atomic E-state index is 10.2. The molecule has 0 saturated carbocycles. The average Bonchev–Trinajstić information content (AvgIpc) is 2.75. The molecule has 2 aromatic carbocycles. The number of aromatic nitrogens is 1. The average molecular weight is 377 g/mol. The maximum absolute atomic E-state index is 10.2. The van der Waals surface area contributed by atoms with Crippen molar-refractivity contribution in [3.8, 4) is 5.75 Å². The van der Waals surface area contributed by atoms with Gasteiger partial charge in [-0.3, -0.25) is 9.88 Å². The van der Waals surface area contributed by atoms with Gasteiger partial charge >= 0.3 is 0 Å². The molecule has 0 bridgehead atoms. The van der Waals surface area contributed by atoms with Gasteiger partial charge in [0.25, 0.3) is 0 Å². The molecular weight excluding hydrogens is 348 g/mol. The van der Waals surface area contributed by atoms with Crippen LogP contribution in [0.3, 0.4) is 0 Å². The van der Waals surface area contributed by atoms with Gasteiger partial charge in [0, 0.05) is 30.1 Å². The number of hydrogen-bond donors (Lipinski definition) is 1. The lowest BCUT2D eigenvalue weighted by molar-refractivity contribution is 0.0130. The SMILES string of the molecule is OCC1(CCOc2ccccc2)CCCN(Cc2cccc3ncccc23)C1. The van der Waals surface area contributed by atoms with Gasteiger partial charge < -0.3 is 9.84 Å². The zero-order chi connectivity index (χ0) is 19.2. The lowest BCUT2D eigenvalue weighted by Crippen LogP contribution is -2.45. The van der Waals surface area contributed by atoms with Gasteiger partial charge in [0.2, 0.25) is 0 Å². The van der Waals surface area contributed by atoms with Gasteiger partial charge in [-0.05, 0) is 55.6 Å². The summed E-state index contributed by atoms with van der Waals surface area (Å²) in [5, 5.41) is 11.4. The monoisotopic (exact) mass is 376 g/mol. The van der Waals surface area contributed by atoms with E-state index in [9.17, 15) is 5.11 Å². The highest BCUT2D eigenvalue weighted by Gasteiger charge is 2.35. The van der Waals surface area contributed by atoms with Gasteiger partial charge in [-0.25, -0.2) is 0 Å². The van der Waals surface area contributed by atoms with Crippen molar-refractivity contribution in [1.82, 2.24) is 9.88 Å². The Hall–Kier alpha value is -2.43. The van der Waals surface area contributed by atoms with Gasteiger partial charge in [-0.1, -0.05) is 36.4 Å². The number of ether oxygens (including phenoxy) is 1. The number of fused-ring (bicyclic) bond motifs is 1. The largest absolute Gasteiger partial charge is 0.494 e. The summed E-state index contributed by atoms with van der Waals surface area (Å²) in [6, 6.07) is 20.4. The Balaban J connectivity index is 1.41. The Morgan fingerprint density at radius 3 is 2.79 bits per heavy atom. The van der Waals surface area contributed by atoms with Crippen molar-refractivity contribution in [2.45, 2.75) is 25.8 Å². The molecule has 4 heteroatoms. The van der Waals surface area contributed by atoms with E-state index in [4.69, 9.17) is 4.74 Å². The van der Waals surface area contributed by atoms with E-state index in [1.165, 1.54) is 10.9 Å². The molecule has 2 heterocycles. The molecule has 0 spiro atoms. The van der Waals surface area contributed by atoms with Crippen molar-refractivity contribution >= 4 is 10.9 Å². The topological polar surface area (TPSA) is 45.6 Å². The first kappa shape index (κ1) is 18.9. The normalized spacial score (nSPS) is 20.3. The molecule has 1 atom stereocenters. The quantitative estimate of drug-likeness (QED) is 0.669. The van der Waals surface area contributed by atoms with Gasteiger partial charge in [0.1, 0.15) is 5.75 Å². The fraction of sp³-hybridized carbons (Fsp3) is 0.375. The second kappa shape index (κ2) is 8.72. The smallest absolute Gasteiger partial charge is 0.119 e. The number of benzene rings is 2. The molecule has 1 fully saturated rings. The molecular formula is C24H28N2O2. The summed E-state index contributed by atoms with van der Waals surface area (Å²) in [6.07, 6.45) is 4.87. The van der Waals surface area contributed by atoms with Crippen molar-refractivity contribution in [2.75, 3.05) is 26.3 Å². The zero-order valence-corrected chi connectivity index (χ0v) is 16.3. The fourth-order valence-electron chi connectivity index (χ4n) is 4.31. The van der Waals surface area contributed by atoms with E-state index in [1.54, 1.807) is 0 Å². The molecule has 1 aliphatic heterocycles. The molecule has 0 amide bonds. The van der Waals surface area contributed by atoms with E-state index in [2.05, 4.69) is 34.1 Å². The maximum Gasteiger partial charge on any atom is 0.119 e. The molecule has 1 N–H and O–H groups in total. The molecule has 146 valence electrons.